The number of aryl methyl sites for hydroxylation is 1. The lowest BCUT2D eigenvalue weighted by Gasteiger charge is -2.16. The number of thiocarbonyl (C=S) groups is 1. The highest BCUT2D eigenvalue weighted by Gasteiger charge is 2.18. The van der Waals surface area contributed by atoms with E-state index in [0.717, 1.165) is 18.4 Å². The maximum Gasteiger partial charge on any atom is 0.326 e. The van der Waals surface area contributed by atoms with Crippen LogP contribution in [0, 0.1) is 0 Å². The van der Waals surface area contributed by atoms with Crippen molar-refractivity contribution in [1.82, 2.24) is 5.32 Å². The quantitative estimate of drug-likeness (QED) is 0.727. The summed E-state index contributed by atoms with van der Waals surface area (Å²) < 4.78 is 0. The fourth-order valence-corrected chi connectivity index (χ4v) is 2.70. The zero-order valence-corrected chi connectivity index (χ0v) is 13.8. The van der Waals surface area contributed by atoms with Crippen molar-refractivity contribution in [2.24, 2.45) is 0 Å². The lowest BCUT2D eigenvalue weighted by molar-refractivity contribution is -0.139. The molecule has 0 unspecified atom stereocenters. The van der Waals surface area contributed by atoms with E-state index in [-0.39, 0.29) is 0 Å². The van der Waals surface area contributed by atoms with E-state index in [9.17, 15) is 9.90 Å². The fraction of sp³-hybridized carbons (Fsp3) is 0.263. The predicted molar refractivity (Wildman–Crippen MR) is 96.7 cm³/mol. The van der Waals surface area contributed by atoms with Gasteiger partial charge in [0, 0.05) is 6.42 Å². The Labute approximate surface area is 142 Å². The van der Waals surface area contributed by atoms with Gasteiger partial charge in [-0.2, -0.15) is 0 Å². The molecular formula is C19H21NO2S. The third-order valence-corrected chi connectivity index (χ3v) is 3.95. The Hall–Kier alpha value is -2.20. The van der Waals surface area contributed by atoms with Gasteiger partial charge in [-0.05, 0) is 30.4 Å². The standard InChI is InChI=1S/C19H21NO2S/c21-19(22)17(14-16-10-5-2-6-11-16)20-18(23)13-7-12-15-8-3-1-4-9-15/h1-6,8-11,17H,7,12-14H2,(H,20,23)(H,21,22)/t17-/m0/s1. The maximum absolute atomic E-state index is 11.4. The summed E-state index contributed by atoms with van der Waals surface area (Å²) in [4.78, 5) is 12.0. The molecule has 2 aromatic rings. The third kappa shape index (κ3) is 6.20. The van der Waals surface area contributed by atoms with Crippen LogP contribution in [-0.2, 0) is 17.6 Å². The summed E-state index contributed by atoms with van der Waals surface area (Å²) in [5.41, 5.74) is 2.26. The van der Waals surface area contributed by atoms with E-state index in [0.29, 0.717) is 17.8 Å². The van der Waals surface area contributed by atoms with Crippen molar-refractivity contribution in [1.29, 1.82) is 0 Å². The Bertz CT molecular complexity index is 628. The van der Waals surface area contributed by atoms with Crippen molar-refractivity contribution in [3.63, 3.8) is 0 Å². The molecule has 0 heterocycles. The summed E-state index contributed by atoms with van der Waals surface area (Å²) >= 11 is 5.31. The number of benzene rings is 2. The number of hydrogen-bond acceptors (Lipinski definition) is 2. The van der Waals surface area contributed by atoms with Crippen LogP contribution in [0.3, 0.4) is 0 Å². The number of carboxylic acids is 1. The van der Waals surface area contributed by atoms with Gasteiger partial charge in [-0.15, -0.1) is 0 Å². The van der Waals surface area contributed by atoms with E-state index in [1.54, 1.807) is 0 Å². The third-order valence-electron chi connectivity index (χ3n) is 3.63. The Morgan fingerprint density at radius 2 is 1.57 bits per heavy atom. The van der Waals surface area contributed by atoms with E-state index < -0.39 is 12.0 Å². The fourth-order valence-electron chi connectivity index (χ4n) is 2.41. The molecule has 3 nitrogen and oxygen atoms in total. The molecule has 0 aliphatic heterocycles. The zero-order valence-electron chi connectivity index (χ0n) is 12.9. The summed E-state index contributed by atoms with van der Waals surface area (Å²) in [6.45, 7) is 0. The highest BCUT2D eigenvalue weighted by atomic mass is 32.1. The molecule has 0 saturated heterocycles. The van der Waals surface area contributed by atoms with E-state index in [4.69, 9.17) is 12.2 Å². The number of rotatable bonds is 8. The van der Waals surface area contributed by atoms with Crippen molar-refractivity contribution in [2.45, 2.75) is 31.7 Å². The summed E-state index contributed by atoms with van der Waals surface area (Å²) in [5, 5.41) is 12.3. The number of hydrogen-bond donors (Lipinski definition) is 2. The van der Waals surface area contributed by atoms with Crippen molar-refractivity contribution in [3.05, 3.63) is 71.8 Å². The van der Waals surface area contributed by atoms with Gasteiger partial charge in [-0.3, -0.25) is 0 Å². The smallest absolute Gasteiger partial charge is 0.326 e. The lowest BCUT2D eigenvalue weighted by Crippen LogP contribution is -2.41. The van der Waals surface area contributed by atoms with Crippen LogP contribution in [0.4, 0.5) is 0 Å². The van der Waals surface area contributed by atoms with Gasteiger partial charge in [0.25, 0.3) is 0 Å². The van der Waals surface area contributed by atoms with Crippen LogP contribution in [0.25, 0.3) is 0 Å². The molecule has 0 radical (unpaired) electrons. The van der Waals surface area contributed by atoms with E-state index in [1.807, 2.05) is 48.5 Å². The Morgan fingerprint density at radius 1 is 1.00 bits per heavy atom. The van der Waals surface area contributed by atoms with Crippen molar-refractivity contribution in [3.8, 4) is 0 Å². The first-order chi connectivity index (χ1) is 11.1. The largest absolute Gasteiger partial charge is 0.480 e. The molecule has 120 valence electrons. The molecule has 0 bridgehead atoms. The topological polar surface area (TPSA) is 49.3 Å². The van der Waals surface area contributed by atoms with Crippen LogP contribution in [0.1, 0.15) is 24.0 Å². The minimum absolute atomic E-state index is 0.426. The second-order valence-electron chi connectivity index (χ2n) is 5.49. The molecule has 0 fully saturated rings. The molecule has 4 heteroatoms. The molecule has 0 saturated carbocycles. The maximum atomic E-state index is 11.4. The molecule has 2 N–H and O–H groups in total. The molecule has 0 amide bonds. The van der Waals surface area contributed by atoms with E-state index >= 15 is 0 Å². The second kappa shape index (κ2) is 9.06. The number of carboxylic acid groups (broad SMARTS) is 1. The van der Waals surface area contributed by atoms with E-state index in [1.165, 1.54) is 5.56 Å². The Kier molecular flexibility index (Phi) is 6.76. The molecular weight excluding hydrogens is 306 g/mol. The van der Waals surface area contributed by atoms with Crippen LogP contribution in [0.15, 0.2) is 60.7 Å². The van der Waals surface area contributed by atoms with Crippen LogP contribution >= 0.6 is 12.2 Å². The highest BCUT2D eigenvalue weighted by molar-refractivity contribution is 7.80. The first-order valence-electron chi connectivity index (χ1n) is 7.75. The van der Waals surface area contributed by atoms with Gasteiger partial charge < -0.3 is 10.4 Å². The van der Waals surface area contributed by atoms with E-state index in [2.05, 4.69) is 17.4 Å². The number of nitrogens with one attached hydrogen (secondary N) is 1. The normalized spacial score (nSPS) is 11.7. The van der Waals surface area contributed by atoms with Crippen LogP contribution in [0.2, 0.25) is 0 Å². The zero-order chi connectivity index (χ0) is 16.5. The first-order valence-corrected chi connectivity index (χ1v) is 8.16. The monoisotopic (exact) mass is 327 g/mol. The molecule has 0 aliphatic rings. The molecule has 1 atom stereocenters. The van der Waals surface area contributed by atoms with Crippen LogP contribution in [0.5, 0.6) is 0 Å². The number of aliphatic carboxylic acids is 1. The van der Waals surface area contributed by atoms with Crippen LogP contribution in [-0.4, -0.2) is 22.1 Å². The molecule has 0 spiro atoms. The lowest BCUT2D eigenvalue weighted by atomic mass is 10.1. The minimum Gasteiger partial charge on any atom is -0.480 e. The molecule has 0 aromatic heterocycles. The summed E-state index contributed by atoms with van der Waals surface area (Å²) in [5.74, 6) is -0.876. The van der Waals surface area contributed by atoms with Gasteiger partial charge in [0.1, 0.15) is 6.04 Å². The second-order valence-corrected chi connectivity index (χ2v) is 5.98. The van der Waals surface area contributed by atoms with Gasteiger partial charge in [0.05, 0.1) is 4.99 Å². The van der Waals surface area contributed by atoms with Crippen molar-refractivity contribution >= 4 is 23.2 Å². The van der Waals surface area contributed by atoms with Crippen LogP contribution < -0.4 is 5.32 Å². The Balaban J connectivity index is 1.80. The summed E-state index contributed by atoms with van der Waals surface area (Å²) in [7, 11) is 0. The molecule has 2 rings (SSSR count). The molecule has 2 aromatic carbocycles. The minimum atomic E-state index is -0.876. The number of carbonyl (C=O) groups is 1. The van der Waals surface area contributed by atoms with Gasteiger partial charge >= 0.3 is 5.97 Å². The SMILES string of the molecule is O=C(O)[C@H](Cc1ccccc1)NC(=S)CCCc1ccccc1. The molecule has 23 heavy (non-hydrogen) atoms. The van der Waals surface area contributed by atoms with Gasteiger partial charge in [-0.1, -0.05) is 72.9 Å². The summed E-state index contributed by atoms with van der Waals surface area (Å²) in [6, 6.07) is 19.1. The first kappa shape index (κ1) is 17.2. The van der Waals surface area contributed by atoms with Crippen molar-refractivity contribution in [2.75, 3.05) is 0 Å². The van der Waals surface area contributed by atoms with Gasteiger partial charge in [-0.25, -0.2) is 4.79 Å². The van der Waals surface area contributed by atoms with Gasteiger partial charge in [0.2, 0.25) is 0 Å². The average molecular weight is 327 g/mol. The molecule has 0 aliphatic carbocycles. The average Bonchev–Trinajstić information content (AvgIpc) is 2.56. The Morgan fingerprint density at radius 3 is 2.13 bits per heavy atom. The summed E-state index contributed by atoms with van der Waals surface area (Å²) in [6.07, 6.45) is 2.98. The highest BCUT2D eigenvalue weighted by Crippen LogP contribution is 2.07. The predicted octanol–water partition coefficient (Wildman–Crippen LogP) is 3.62. The van der Waals surface area contributed by atoms with Gasteiger partial charge in [0.15, 0.2) is 0 Å². The van der Waals surface area contributed by atoms with Crippen molar-refractivity contribution < 1.29 is 9.90 Å².